The molecule has 0 bridgehead atoms. The summed E-state index contributed by atoms with van der Waals surface area (Å²) in [4.78, 5) is 16.6. The van der Waals surface area contributed by atoms with Crippen LogP contribution in [0, 0.1) is 16.0 Å². The summed E-state index contributed by atoms with van der Waals surface area (Å²) in [5, 5.41) is 11.1. The Morgan fingerprint density at radius 1 is 1.61 bits per heavy atom. The maximum Gasteiger partial charge on any atom is 0.311 e. The molecule has 1 fully saturated rings. The Morgan fingerprint density at radius 3 is 3.06 bits per heavy atom. The van der Waals surface area contributed by atoms with Gasteiger partial charge in [-0.2, -0.15) is 0 Å². The summed E-state index contributed by atoms with van der Waals surface area (Å²) in [6.07, 6.45) is 4.98. The molecule has 0 aromatic carbocycles. The minimum absolute atomic E-state index is 0.0436. The Bertz CT molecular complexity index is 455. The fraction of sp³-hybridized carbons (Fsp3) is 0.545. The minimum Gasteiger partial charge on any atom is -0.365 e. The molecule has 98 valence electrons. The van der Waals surface area contributed by atoms with E-state index in [2.05, 4.69) is 20.9 Å². The number of pyridine rings is 1. The Hall–Kier alpha value is -1.21. The zero-order chi connectivity index (χ0) is 13.1. The van der Waals surface area contributed by atoms with Gasteiger partial charge in [-0.3, -0.25) is 15.1 Å². The van der Waals surface area contributed by atoms with Gasteiger partial charge in [-0.25, -0.2) is 0 Å². The van der Waals surface area contributed by atoms with Crippen LogP contribution in [0.4, 0.5) is 11.4 Å². The molecular formula is C11H15BrN4O2. The molecule has 18 heavy (non-hydrogen) atoms. The van der Waals surface area contributed by atoms with Gasteiger partial charge in [-0.15, -0.1) is 0 Å². The van der Waals surface area contributed by atoms with Gasteiger partial charge in [-0.05, 0) is 41.2 Å². The fourth-order valence-corrected chi connectivity index (χ4v) is 2.90. The van der Waals surface area contributed by atoms with Gasteiger partial charge >= 0.3 is 5.69 Å². The lowest BCUT2D eigenvalue weighted by Crippen LogP contribution is -2.38. The molecule has 0 aliphatic carbocycles. The van der Waals surface area contributed by atoms with Crippen molar-refractivity contribution in [3.63, 3.8) is 0 Å². The lowest BCUT2D eigenvalue weighted by atomic mass is 9.98. The van der Waals surface area contributed by atoms with E-state index in [0.717, 1.165) is 25.9 Å². The molecule has 1 unspecified atom stereocenters. The number of nitrogens with zero attached hydrogens (tertiary/aromatic N) is 3. The van der Waals surface area contributed by atoms with E-state index in [1.165, 1.54) is 6.20 Å². The molecule has 0 spiro atoms. The number of hydrogen-bond donors (Lipinski definition) is 1. The van der Waals surface area contributed by atoms with Crippen LogP contribution in [0.15, 0.2) is 16.9 Å². The van der Waals surface area contributed by atoms with Crippen molar-refractivity contribution in [2.75, 3.05) is 24.5 Å². The van der Waals surface area contributed by atoms with Gasteiger partial charge in [0.2, 0.25) is 0 Å². The number of nitrogens with two attached hydrogens (primary N) is 1. The third-order valence-electron chi connectivity index (χ3n) is 3.22. The summed E-state index contributed by atoms with van der Waals surface area (Å²) in [6.45, 7) is 2.20. The second kappa shape index (κ2) is 5.62. The van der Waals surface area contributed by atoms with E-state index in [0.29, 0.717) is 22.6 Å². The quantitative estimate of drug-likeness (QED) is 0.680. The molecule has 1 aromatic heterocycles. The highest BCUT2D eigenvalue weighted by molar-refractivity contribution is 9.10. The SMILES string of the molecule is NCC1CCCN(c2c(Br)cncc2[N+](=O)[O-])C1. The van der Waals surface area contributed by atoms with Crippen molar-refractivity contribution >= 4 is 27.3 Å². The topological polar surface area (TPSA) is 85.3 Å². The van der Waals surface area contributed by atoms with Gasteiger partial charge < -0.3 is 10.6 Å². The molecule has 1 aliphatic rings. The summed E-state index contributed by atoms with van der Waals surface area (Å²) < 4.78 is 0.661. The Labute approximate surface area is 113 Å². The number of anilines is 1. The van der Waals surface area contributed by atoms with Crippen LogP contribution < -0.4 is 10.6 Å². The normalized spacial score (nSPS) is 19.9. The molecular weight excluding hydrogens is 300 g/mol. The zero-order valence-electron chi connectivity index (χ0n) is 9.88. The van der Waals surface area contributed by atoms with Crippen molar-refractivity contribution in [1.82, 2.24) is 4.98 Å². The molecule has 2 rings (SSSR count). The standard InChI is InChI=1S/C11H15BrN4O2/c12-9-5-14-6-10(16(17)18)11(9)15-3-1-2-8(4-13)7-15/h5-6,8H,1-4,7,13H2. The molecule has 1 aromatic rings. The number of aromatic nitrogens is 1. The molecule has 0 amide bonds. The minimum atomic E-state index is -0.390. The molecule has 1 saturated heterocycles. The van der Waals surface area contributed by atoms with Crippen molar-refractivity contribution in [1.29, 1.82) is 0 Å². The lowest BCUT2D eigenvalue weighted by Gasteiger charge is -2.33. The van der Waals surface area contributed by atoms with Gasteiger partial charge in [0.05, 0.1) is 9.40 Å². The summed E-state index contributed by atoms with van der Waals surface area (Å²) in [5.74, 6) is 0.401. The first-order valence-electron chi connectivity index (χ1n) is 5.86. The van der Waals surface area contributed by atoms with Crippen molar-refractivity contribution in [3.8, 4) is 0 Å². The molecule has 2 heterocycles. The van der Waals surface area contributed by atoms with Crippen LogP contribution in [0.25, 0.3) is 0 Å². The lowest BCUT2D eigenvalue weighted by molar-refractivity contribution is -0.384. The third kappa shape index (κ3) is 2.62. The summed E-state index contributed by atoms with van der Waals surface area (Å²) in [7, 11) is 0. The number of rotatable bonds is 3. The van der Waals surface area contributed by atoms with Gasteiger partial charge in [0.1, 0.15) is 11.9 Å². The average molecular weight is 315 g/mol. The van der Waals surface area contributed by atoms with Gasteiger partial charge in [0.15, 0.2) is 0 Å². The first kappa shape index (κ1) is 13.2. The van der Waals surface area contributed by atoms with E-state index >= 15 is 0 Å². The van der Waals surface area contributed by atoms with Crippen LogP contribution in [0.5, 0.6) is 0 Å². The Balaban J connectivity index is 2.34. The van der Waals surface area contributed by atoms with Crippen LogP contribution in [0.1, 0.15) is 12.8 Å². The van der Waals surface area contributed by atoms with E-state index in [9.17, 15) is 10.1 Å². The van der Waals surface area contributed by atoms with Crippen molar-refractivity contribution in [3.05, 3.63) is 27.0 Å². The monoisotopic (exact) mass is 314 g/mol. The smallest absolute Gasteiger partial charge is 0.311 e. The van der Waals surface area contributed by atoms with Gasteiger partial charge in [0.25, 0.3) is 0 Å². The Kier molecular flexibility index (Phi) is 4.13. The summed E-state index contributed by atoms with van der Waals surface area (Å²) >= 11 is 3.35. The third-order valence-corrected chi connectivity index (χ3v) is 3.80. The molecule has 6 nitrogen and oxygen atoms in total. The van der Waals surface area contributed by atoms with Gasteiger partial charge in [-0.1, -0.05) is 0 Å². The molecule has 2 N–H and O–H groups in total. The van der Waals surface area contributed by atoms with E-state index in [-0.39, 0.29) is 10.6 Å². The summed E-state index contributed by atoms with van der Waals surface area (Å²) in [5.41, 5.74) is 6.36. The number of nitro groups is 1. The molecule has 0 radical (unpaired) electrons. The van der Waals surface area contributed by atoms with E-state index in [4.69, 9.17) is 5.73 Å². The van der Waals surface area contributed by atoms with Gasteiger partial charge in [0, 0.05) is 19.3 Å². The maximum absolute atomic E-state index is 11.1. The molecule has 0 saturated carbocycles. The number of hydrogen-bond acceptors (Lipinski definition) is 5. The second-order valence-corrected chi connectivity index (χ2v) is 5.29. The highest BCUT2D eigenvalue weighted by Crippen LogP contribution is 2.36. The maximum atomic E-state index is 11.1. The van der Waals surface area contributed by atoms with Crippen LogP contribution in [-0.4, -0.2) is 29.5 Å². The first-order chi connectivity index (χ1) is 8.63. The van der Waals surface area contributed by atoms with E-state index < -0.39 is 0 Å². The molecule has 1 atom stereocenters. The largest absolute Gasteiger partial charge is 0.365 e. The highest BCUT2D eigenvalue weighted by atomic mass is 79.9. The van der Waals surface area contributed by atoms with Crippen molar-refractivity contribution in [2.24, 2.45) is 11.7 Å². The Morgan fingerprint density at radius 2 is 2.39 bits per heavy atom. The highest BCUT2D eigenvalue weighted by Gasteiger charge is 2.27. The number of halogens is 1. The van der Waals surface area contributed by atoms with Crippen LogP contribution in [0.3, 0.4) is 0 Å². The van der Waals surface area contributed by atoms with Crippen molar-refractivity contribution in [2.45, 2.75) is 12.8 Å². The first-order valence-corrected chi connectivity index (χ1v) is 6.65. The van der Waals surface area contributed by atoms with Crippen molar-refractivity contribution < 1.29 is 4.92 Å². The molecule has 7 heteroatoms. The fourth-order valence-electron chi connectivity index (χ4n) is 2.33. The van der Waals surface area contributed by atoms with Crippen LogP contribution in [0.2, 0.25) is 0 Å². The number of piperidine rings is 1. The predicted octanol–water partition coefficient (Wildman–Crippen LogP) is 1.93. The van der Waals surface area contributed by atoms with E-state index in [1.807, 2.05) is 4.90 Å². The average Bonchev–Trinajstić information content (AvgIpc) is 2.38. The van der Waals surface area contributed by atoms with Crippen LogP contribution >= 0.6 is 15.9 Å². The van der Waals surface area contributed by atoms with Crippen LogP contribution in [-0.2, 0) is 0 Å². The zero-order valence-corrected chi connectivity index (χ0v) is 11.5. The second-order valence-electron chi connectivity index (χ2n) is 4.44. The predicted molar refractivity (Wildman–Crippen MR) is 72.6 cm³/mol. The van der Waals surface area contributed by atoms with E-state index in [1.54, 1.807) is 6.20 Å². The summed E-state index contributed by atoms with van der Waals surface area (Å²) in [6, 6.07) is 0. The molecule has 1 aliphatic heterocycles.